The predicted octanol–water partition coefficient (Wildman–Crippen LogP) is 27.6. The third kappa shape index (κ3) is 75.4. The van der Waals surface area contributed by atoms with Crippen molar-refractivity contribution in [2.45, 2.75) is 488 Å². The molecule has 0 heterocycles. The molecule has 0 aromatic heterocycles. The van der Waals surface area contributed by atoms with Crippen LogP contribution in [0.5, 0.6) is 0 Å². The molecule has 0 radical (unpaired) electrons. The van der Waals surface area contributed by atoms with E-state index >= 15 is 0 Å². The first kappa shape index (κ1) is 88.3. The van der Waals surface area contributed by atoms with Crippen LogP contribution in [-0.4, -0.2) is 47.4 Å². The van der Waals surface area contributed by atoms with E-state index in [-0.39, 0.29) is 18.5 Å². The number of aliphatic hydroxyl groups is 2. The molecule has 0 spiro atoms. The maximum Gasteiger partial charge on any atom is 0.305 e. The van der Waals surface area contributed by atoms with E-state index in [9.17, 15) is 19.8 Å². The van der Waals surface area contributed by atoms with Crippen LogP contribution in [0, 0.1) is 0 Å². The fraction of sp³-hybridized carbons (Fsp3) is 0.929. The van der Waals surface area contributed by atoms with Crippen molar-refractivity contribution in [3.8, 4) is 0 Å². The molecule has 0 aromatic rings. The summed E-state index contributed by atoms with van der Waals surface area (Å²) >= 11 is 0. The Labute approximate surface area is 564 Å². The van der Waals surface area contributed by atoms with E-state index in [0.29, 0.717) is 25.9 Å². The van der Waals surface area contributed by atoms with Gasteiger partial charge in [0.25, 0.3) is 0 Å². The fourth-order valence-corrected chi connectivity index (χ4v) is 13.4. The molecule has 0 aromatic carbocycles. The normalized spacial score (nSPS) is 12.5. The number of hydrogen-bond donors (Lipinski definition) is 3. The highest BCUT2D eigenvalue weighted by atomic mass is 16.5. The quantitative estimate of drug-likeness (QED) is 0.0320. The molecular formula is C84H163NO5. The molecular weight excluding hydrogens is 1100 g/mol. The molecule has 90 heavy (non-hydrogen) atoms. The number of hydrogen-bond acceptors (Lipinski definition) is 5. The van der Waals surface area contributed by atoms with E-state index in [4.69, 9.17) is 4.74 Å². The molecule has 0 rings (SSSR count). The average Bonchev–Trinajstić information content (AvgIpc) is 3.65. The van der Waals surface area contributed by atoms with Gasteiger partial charge in [0.15, 0.2) is 0 Å². The number of ether oxygens (including phenoxy) is 1. The minimum atomic E-state index is -0.662. The molecule has 2 unspecified atom stereocenters. The lowest BCUT2D eigenvalue weighted by atomic mass is 10.0. The Hall–Kier alpha value is -1.66. The van der Waals surface area contributed by atoms with Gasteiger partial charge in [-0.3, -0.25) is 9.59 Å². The smallest absolute Gasteiger partial charge is 0.305 e. The van der Waals surface area contributed by atoms with Crippen LogP contribution in [0.4, 0.5) is 0 Å². The maximum atomic E-state index is 12.6. The first-order valence-electron chi connectivity index (χ1n) is 41.6. The van der Waals surface area contributed by atoms with Gasteiger partial charge >= 0.3 is 5.97 Å². The van der Waals surface area contributed by atoms with Crippen molar-refractivity contribution in [3.63, 3.8) is 0 Å². The first-order valence-corrected chi connectivity index (χ1v) is 41.6. The minimum absolute atomic E-state index is 0.0191. The van der Waals surface area contributed by atoms with Crippen molar-refractivity contribution < 1.29 is 24.5 Å². The molecule has 6 heteroatoms. The van der Waals surface area contributed by atoms with Gasteiger partial charge in [0.2, 0.25) is 5.91 Å². The van der Waals surface area contributed by atoms with Gasteiger partial charge in [-0.25, -0.2) is 0 Å². The van der Waals surface area contributed by atoms with Crippen LogP contribution < -0.4 is 5.32 Å². The second-order valence-electron chi connectivity index (χ2n) is 28.8. The number of allylic oxidation sites excluding steroid dienone is 4. The molecule has 0 aliphatic carbocycles. The Balaban J connectivity index is 3.31. The van der Waals surface area contributed by atoms with Gasteiger partial charge in [-0.05, 0) is 57.8 Å². The van der Waals surface area contributed by atoms with E-state index in [1.54, 1.807) is 0 Å². The number of unbranched alkanes of at least 4 members (excludes halogenated alkanes) is 64. The summed E-state index contributed by atoms with van der Waals surface area (Å²) < 4.78 is 5.52. The predicted molar refractivity (Wildman–Crippen MR) is 398 cm³/mol. The monoisotopic (exact) mass is 1270 g/mol. The van der Waals surface area contributed by atoms with Crippen molar-refractivity contribution in [1.29, 1.82) is 0 Å². The van der Waals surface area contributed by atoms with E-state index < -0.39 is 12.1 Å². The number of amides is 1. The Morgan fingerprint density at radius 1 is 0.311 bits per heavy atom. The lowest BCUT2D eigenvalue weighted by Crippen LogP contribution is -2.45. The standard InChI is InChI=1S/C84H163NO5/c1-3-5-7-9-11-13-15-17-19-21-23-37-41-44-48-52-56-60-64-68-72-76-82(87)81(80-86)85-83(88)77-73-69-65-61-57-53-49-45-42-38-35-33-31-29-27-25-24-26-28-30-32-34-36-39-43-47-51-55-59-63-67-71-75-79-90-84(89)78-74-70-66-62-58-54-50-46-40-22-20-18-16-14-12-10-8-6-4-2/h12,14,18,20,81-82,86-87H,3-11,13,15-17,19,21-80H2,1-2H3,(H,85,88)/b14-12-,20-18-. The SMILES string of the molecule is CCCCC/C=C\C/C=C\CCCCCCCCCCCC(=O)OCCCCCCCCCCCCCCCCCCCCCCCCCCCCCCCCCCCC(=O)NC(CO)C(O)CCCCCCCCCCCCCCCCCCCCCCC. The van der Waals surface area contributed by atoms with Crippen LogP contribution in [0.1, 0.15) is 476 Å². The molecule has 0 fully saturated rings. The molecule has 1 amide bonds. The highest BCUT2D eigenvalue weighted by Gasteiger charge is 2.20. The first-order chi connectivity index (χ1) is 44.5. The van der Waals surface area contributed by atoms with Crippen LogP contribution >= 0.6 is 0 Å². The Morgan fingerprint density at radius 3 is 0.867 bits per heavy atom. The van der Waals surface area contributed by atoms with Crippen LogP contribution in [0.2, 0.25) is 0 Å². The van der Waals surface area contributed by atoms with Gasteiger partial charge in [-0.1, -0.05) is 430 Å². The van der Waals surface area contributed by atoms with Gasteiger partial charge in [0.1, 0.15) is 0 Å². The molecule has 6 nitrogen and oxygen atoms in total. The van der Waals surface area contributed by atoms with E-state index in [2.05, 4.69) is 43.5 Å². The van der Waals surface area contributed by atoms with Crippen LogP contribution in [0.15, 0.2) is 24.3 Å². The second kappa shape index (κ2) is 79.8. The summed E-state index contributed by atoms with van der Waals surface area (Å²) in [5.74, 6) is -0.00544. The van der Waals surface area contributed by atoms with Crippen molar-refractivity contribution in [3.05, 3.63) is 24.3 Å². The highest BCUT2D eigenvalue weighted by molar-refractivity contribution is 5.76. The number of nitrogens with one attached hydrogen (secondary N) is 1. The topological polar surface area (TPSA) is 95.9 Å². The zero-order chi connectivity index (χ0) is 64.9. The van der Waals surface area contributed by atoms with Gasteiger partial charge < -0.3 is 20.3 Å². The van der Waals surface area contributed by atoms with E-state index in [1.807, 2.05) is 0 Å². The lowest BCUT2D eigenvalue weighted by Gasteiger charge is -2.22. The summed E-state index contributed by atoms with van der Waals surface area (Å²) in [7, 11) is 0. The summed E-state index contributed by atoms with van der Waals surface area (Å²) in [6, 6.07) is -0.539. The Bertz CT molecular complexity index is 1410. The number of rotatable bonds is 79. The Kier molecular flexibility index (Phi) is 78.3. The number of carbonyl (C=O) groups is 2. The van der Waals surface area contributed by atoms with Gasteiger partial charge in [-0.15, -0.1) is 0 Å². The summed E-state index contributed by atoms with van der Waals surface area (Å²) in [6.45, 7) is 4.99. The third-order valence-electron chi connectivity index (χ3n) is 19.8. The lowest BCUT2D eigenvalue weighted by molar-refractivity contribution is -0.143. The molecule has 0 saturated carbocycles. The summed E-state index contributed by atoms with van der Waals surface area (Å²) in [4.78, 5) is 24.7. The molecule has 0 saturated heterocycles. The number of carbonyl (C=O) groups excluding carboxylic acids is 2. The summed E-state index contributed by atoms with van der Waals surface area (Å²) in [5, 5.41) is 23.5. The fourth-order valence-electron chi connectivity index (χ4n) is 13.4. The van der Waals surface area contributed by atoms with Crippen molar-refractivity contribution in [1.82, 2.24) is 5.32 Å². The van der Waals surface area contributed by atoms with Crippen molar-refractivity contribution >= 4 is 11.9 Å². The summed E-state index contributed by atoms with van der Waals surface area (Å²) in [6.07, 6.45) is 103. The zero-order valence-corrected chi connectivity index (χ0v) is 61.4. The van der Waals surface area contributed by atoms with Crippen LogP contribution in [-0.2, 0) is 14.3 Å². The van der Waals surface area contributed by atoms with Crippen molar-refractivity contribution in [2.75, 3.05) is 13.2 Å². The van der Waals surface area contributed by atoms with Crippen LogP contribution in [0.25, 0.3) is 0 Å². The molecule has 534 valence electrons. The minimum Gasteiger partial charge on any atom is -0.466 e. The number of aliphatic hydroxyl groups excluding tert-OH is 2. The average molecular weight is 1270 g/mol. The van der Waals surface area contributed by atoms with Gasteiger partial charge in [0.05, 0.1) is 25.4 Å². The maximum absolute atomic E-state index is 12.6. The molecule has 0 bridgehead atoms. The van der Waals surface area contributed by atoms with E-state index in [1.165, 1.54) is 398 Å². The molecule has 2 atom stereocenters. The second-order valence-corrected chi connectivity index (χ2v) is 28.8. The number of esters is 1. The molecule has 3 N–H and O–H groups in total. The zero-order valence-electron chi connectivity index (χ0n) is 61.4. The van der Waals surface area contributed by atoms with Gasteiger partial charge in [0, 0.05) is 12.8 Å². The molecule has 0 aliphatic heterocycles. The highest BCUT2D eigenvalue weighted by Crippen LogP contribution is 2.21. The van der Waals surface area contributed by atoms with Crippen molar-refractivity contribution in [2.24, 2.45) is 0 Å². The van der Waals surface area contributed by atoms with Gasteiger partial charge in [-0.2, -0.15) is 0 Å². The summed E-state index contributed by atoms with van der Waals surface area (Å²) in [5.41, 5.74) is 0. The Morgan fingerprint density at radius 2 is 0.556 bits per heavy atom. The van der Waals surface area contributed by atoms with E-state index in [0.717, 1.165) is 44.9 Å². The largest absolute Gasteiger partial charge is 0.466 e. The third-order valence-corrected chi connectivity index (χ3v) is 19.8. The van der Waals surface area contributed by atoms with Crippen LogP contribution in [0.3, 0.4) is 0 Å². The molecule has 0 aliphatic rings.